The number of nitrogens with zero attached hydrogens (tertiary/aromatic N) is 2. The van der Waals surface area contributed by atoms with Crippen LogP contribution in [0.1, 0.15) is 25.3 Å². The minimum absolute atomic E-state index is 0.0664. The zero-order valence-corrected chi connectivity index (χ0v) is 14.6. The fourth-order valence-electron chi connectivity index (χ4n) is 3.68. The Morgan fingerprint density at radius 2 is 2.24 bits per heavy atom. The van der Waals surface area contributed by atoms with Crippen molar-refractivity contribution >= 4 is 11.9 Å². The molecule has 0 saturated carbocycles. The molecule has 1 aromatic carbocycles. The molecule has 6 nitrogen and oxygen atoms in total. The van der Waals surface area contributed by atoms with Crippen molar-refractivity contribution in [2.75, 3.05) is 26.7 Å². The van der Waals surface area contributed by atoms with Gasteiger partial charge < -0.3 is 19.9 Å². The molecule has 2 heterocycles. The molecule has 0 aliphatic carbocycles. The average molecular weight is 349 g/mol. The molecule has 1 aromatic rings. The third-order valence-electron chi connectivity index (χ3n) is 4.93. The number of amides is 3. The van der Waals surface area contributed by atoms with Crippen LogP contribution in [0, 0.1) is 11.7 Å². The topological polar surface area (TPSA) is 61.9 Å². The molecule has 0 unspecified atom stereocenters. The summed E-state index contributed by atoms with van der Waals surface area (Å²) in [6, 6.07) is 4.41. The van der Waals surface area contributed by atoms with Crippen LogP contribution in [0.5, 0.6) is 5.75 Å². The molecule has 2 saturated heterocycles. The molecular formula is C18H24FN3O3. The van der Waals surface area contributed by atoms with Crippen LogP contribution in [0.3, 0.4) is 0 Å². The Hall–Kier alpha value is -2.31. The number of rotatable bonds is 4. The molecule has 3 amide bonds. The summed E-state index contributed by atoms with van der Waals surface area (Å²) in [5.41, 5.74) is 0.669. The van der Waals surface area contributed by atoms with E-state index in [1.54, 1.807) is 35.9 Å². The summed E-state index contributed by atoms with van der Waals surface area (Å²) >= 11 is 0. The quantitative estimate of drug-likeness (QED) is 0.904. The Labute approximate surface area is 146 Å². The highest BCUT2D eigenvalue weighted by atomic mass is 19.1. The highest BCUT2D eigenvalue weighted by molar-refractivity contribution is 5.84. The summed E-state index contributed by atoms with van der Waals surface area (Å²) in [6.07, 6.45) is 1.66. The van der Waals surface area contributed by atoms with Gasteiger partial charge in [0, 0.05) is 26.7 Å². The van der Waals surface area contributed by atoms with E-state index in [1.165, 1.54) is 6.07 Å². The monoisotopic (exact) mass is 349 g/mol. The number of nitrogens with one attached hydrogen (secondary N) is 1. The van der Waals surface area contributed by atoms with Crippen LogP contribution in [0.15, 0.2) is 18.2 Å². The van der Waals surface area contributed by atoms with E-state index in [-0.39, 0.29) is 36.2 Å². The van der Waals surface area contributed by atoms with Crippen molar-refractivity contribution in [2.45, 2.75) is 32.4 Å². The largest absolute Gasteiger partial charge is 0.491 e. The van der Waals surface area contributed by atoms with Crippen molar-refractivity contribution in [1.29, 1.82) is 0 Å². The highest BCUT2D eigenvalue weighted by Crippen LogP contribution is 2.31. The number of likely N-dealkylation sites (tertiary alicyclic amines) is 2. The number of fused-ring (bicyclic) bond motifs is 1. The van der Waals surface area contributed by atoms with Gasteiger partial charge in [-0.3, -0.25) is 4.79 Å². The number of likely N-dealkylation sites (N-methyl/N-ethyl adjacent to an activating group) is 1. The molecule has 1 N–H and O–H groups in total. The zero-order chi connectivity index (χ0) is 18.0. The summed E-state index contributed by atoms with van der Waals surface area (Å²) in [7, 11) is 1.78. The third-order valence-corrected chi connectivity index (χ3v) is 4.93. The molecule has 25 heavy (non-hydrogen) atoms. The second-order valence-corrected chi connectivity index (χ2v) is 6.58. The number of hydrogen-bond acceptors (Lipinski definition) is 3. The van der Waals surface area contributed by atoms with Crippen LogP contribution in [-0.4, -0.2) is 54.5 Å². The van der Waals surface area contributed by atoms with E-state index in [2.05, 4.69) is 5.32 Å². The van der Waals surface area contributed by atoms with Gasteiger partial charge in [0.25, 0.3) is 0 Å². The van der Waals surface area contributed by atoms with Crippen LogP contribution < -0.4 is 10.1 Å². The van der Waals surface area contributed by atoms with Gasteiger partial charge in [-0.15, -0.1) is 0 Å². The Bertz CT molecular complexity index is 667. The third kappa shape index (κ3) is 3.55. The SMILES string of the molecule is CCOc1ccc(CNC(=O)N2CCC[C@H]3C(=O)N(C)C[C@H]32)cc1F. The number of carbonyl (C=O) groups excluding carboxylic acids is 2. The molecule has 7 heteroatoms. The maximum atomic E-state index is 13.9. The molecule has 0 bridgehead atoms. The molecular weight excluding hydrogens is 325 g/mol. The van der Waals surface area contributed by atoms with E-state index in [1.807, 2.05) is 0 Å². The van der Waals surface area contributed by atoms with Crippen molar-refractivity contribution in [3.05, 3.63) is 29.6 Å². The van der Waals surface area contributed by atoms with Crippen molar-refractivity contribution in [3.8, 4) is 5.75 Å². The van der Waals surface area contributed by atoms with Gasteiger partial charge in [0.2, 0.25) is 5.91 Å². The van der Waals surface area contributed by atoms with Gasteiger partial charge in [0.15, 0.2) is 11.6 Å². The number of halogens is 1. The van der Waals surface area contributed by atoms with E-state index < -0.39 is 5.82 Å². The summed E-state index contributed by atoms with van der Waals surface area (Å²) in [6.45, 7) is 3.66. The number of piperidine rings is 1. The maximum absolute atomic E-state index is 13.9. The molecule has 2 aliphatic rings. The van der Waals surface area contributed by atoms with Crippen molar-refractivity contribution in [2.24, 2.45) is 5.92 Å². The molecule has 0 spiro atoms. The predicted octanol–water partition coefficient (Wildman–Crippen LogP) is 1.99. The van der Waals surface area contributed by atoms with E-state index in [0.29, 0.717) is 25.3 Å². The van der Waals surface area contributed by atoms with E-state index in [0.717, 1.165) is 12.8 Å². The number of ether oxygens (including phenoxy) is 1. The average Bonchev–Trinajstić information content (AvgIpc) is 2.90. The standard InChI is InChI=1S/C18H24FN3O3/c1-3-25-16-7-6-12(9-14(16)19)10-20-18(24)22-8-4-5-13-15(22)11-21(2)17(13)23/h6-7,9,13,15H,3-5,8,10-11H2,1-2H3,(H,20,24)/t13-,15-/m1/s1. The Balaban J connectivity index is 1.61. The molecule has 2 atom stereocenters. The lowest BCUT2D eigenvalue weighted by atomic mass is 9.92. The number of hydrogen-bond donors (Lipinski definition) is 1. The minimum atomic E-state index is -0.436. The van der Waals surface area contributed by atoms with E-state index in [4.69, 9.17) is 4.74 Å². The minimum Gasteiger partial charge on any atom is -0.491 e. The number of carbonyl (C=O) groups is 2. The van der Waals surface area contributed by atoms with Gasteiger partial charge in [-0.25, -0.2) is 9.18 Å². The summed E-state index contributed by atoms with van der Waals surface area (Å²) in [5.74, 6) is -0.192. The van der Waals surface area contributed by atoms with Gasteiger partial charge in [0.1, 0.15) is 0 Å². The lowest BCUT2D eigenvalue weighted by Crippen LogP contribution is -2.52. The van der Waals surface area contributed by atoms with Gasteiger partial charge in [0.05, 0.1) is 18.6 Å². The molecule has 0 radical (unpaired) electrons. The predicted molar refractivity (Wildman–Crippen MR) is 90.7 cm³/mol. The first kappa shape index (κ1) is 17.5. The fourth-order valence-corrected chi connectivity index (χ4v) is 3.68. The number of benzene rings is 1. The first-order valence-electron chi connectivity index (χ1n) is 8.72. The van der Waals surface area contributed by atoms with Crippen LogP contribution in [-0.2, 0) is 11.3 Å². The Morgan fingerprint density at radius 3 is 2.96 bits per heavy atom. The summed E-state index contributed by atoms with van der Waals surface area (Å²) in [4.78, 5) is 28.1. The molecule has 2 aliphatic heterocycles. The Kier molecular flexibility index (Phi) is 5.11. The normalized spacial score (nSPS) is 22.8. The maximum Gasteiger partial charge on any atom is 0.318 e. The number of urea groups is 1. The first-order valence-corrected chi connectivity index (χ1v) is 8.72. The fraction of sp³-hybridized carbons (Fsp3) is 0.556. The highest BCUT2D eigenvalue weighted by Gasteiger charge is 2.45. The molecule has 3 rings (SSSR count). The van der Waals surface area contributed by atoms with Crippen LogP contribution in [0.4, 0.5) is 9.18 Å². The summed E-state index contributed by atoms with van der Waals surface area (Å²) in [5, 5.41) is 2.84. The second kappa shape index (κ2) is 7.29. The van der Waals surface area contributed by atoms with Gasteiger partial charge in [-0.05, 0) is 37.5 Å². The van der Waals surface area contributed by atoms with E-state index in [9.17, 15) is 14.0 Å². The van der Waals surface area contributed by atoms with Crippen LogP contribution in [0.2, 0.25) is 0 Å². The lowest BCUT2D eigenvalue weighted by Gasteiger charge is -2.35. The lowest BCUT2D eigenvalue weighted by molar-refractivity contribution is -0.130. The molecule has 2 fully saturated rings. The van der Waals surface area contributed by atoms with Crippen molar-refractivity contribution in [1.82, 2.24) is 15.1 Å². The van der Waals surface area contributed by atoms with Crippen LogP contribution in [0.25, 0.3) is 0 Å². The molecule has 0 aromatic heterocycles. The first-order chi connectivity index (χ1) is 12.0. The zero-order valence-electron chi connectivity index (χ0n) is 14.6. The van der Waals surface area contributed by atoms with Gasteiger partial charge in [-0.2, -0.15) is 0 Å². The smallest absolute Gasteiger partial charge is 0.318 e. The van der Waals surface area contributed by atoms with Crippen molar-refractivity contribution in [3.63, 3.8) is 0 Å². The summed E-state index contributed by atoms with van der Waals surface area (Å²) < 4.78 is 19.1. The second-order valence-electron chi connectivity index (χ2n) is 6.58. The van der Waals surface area contributed by atoms with Gasteiger partial charge in [-0.1, -0.05) is 6.07 Å². The molecule has 136 valence electrons. The van der Waals surface area contributed by atoms with Crippen LogP contribution >= 0.6 is 0 Å². The van der Waals surface area contributed by atoms with E-state index >= 15 is 0 Å². The van der Waals surface area contributed by atoms with Gasteiger partial charge >= 0.3 is 6.03 Å². The Morgan fingerprint density at radius 1 is 1.44 bits per heavy atom. The van der Waals surface area contributed by atoms with Crippen molar-refractivity contribution < 1.29 is 18.7 Å².